The molecule has 162 valence electrons. The van der Waals surface area contributed by atoms with Gasteiger partial charge < -0.3 is 19.1 Å². The number of carbonyl (C=O) groups excluding carboxylic acids is 1. The summed E-state index contributed by atoms with van der Waals surface area (Å²) in [6.07, 6.45) is 7.26. The third kappa shape index (κ3) is 3.78. The Morgan fingerprint density at radius 3 is 2.71 bits per heavy atom. The number of hydrogen-bond acceptors (Lipinski definition) is 8. The first-order valence-corrected chi connectivity index (χ1v) is 11.3. The Kier molecular flexibility index (Phi) is 5.35. The second-order valence-corrected chi connectivity index (χ2v) is 8.92. The molecular weight excluding hydrogens is 416 g/mol. The van der Waals surface area contributed by atoms with Crippen molar-refractivity contribution in [3.63, 3.8) is 0 Å². The lowest BCUT2D eigenvalue weighted by atomic mass is 9.84. The van der Waals surface area contributed by atoms with Crippen LogP contribution in [0.1, 0.15) is 25.7 Å². The molecule has 0 radical (unpaired) electrons. The molecule has 2 aliphatic rings. The van der Waals surface area contributed by atoms with Crippen molar-refractivity contribution in [1.29, 1.82) is 0 Å². The van der Waals surface area contributed by atoms with Crippen LogP contribution >= 0.6 is 11.3 Å². The van der Waals surface area contributed by atoms with E-state index in [1.54, 1.807) is 31.8 Å². The lowest BCUT2D eigenvalue weighted by Gasteiger charge is -2.29. The summed E-state index contributed by atoms with van der Waals surface area (Å²) in [6.45, 7) is 1.37. The van der Waals surface area contributed by atoms with Gasteiger partial charge in [-0.05, 0) is 25.0 Å². The van der Waals surface area contributed by atoms with Crippen LogP contribution in [0, 0.1) is 5.92 Å². The van der Waals surface area contributed by atoms with Crippen molar-refractivity contribution in [2.45, 2.75) is 31.8 Å². The van der Waals surface area contributed by atoms with Crippen molar-refractivity contribution in [3.05, 3.63) is 24.7 Å². The smallest absolute Gasteiger partial charge is 0.256 e. The van der Waals surface area contributed by atoms with E-state index in [-0.39, 0.29) is 17.9 Å². The van der Waals surface area contributed by atoms with Gasteiger partial charge in [0.05, 0.1) is 26.2 Å². The number of ether oxygens (including phenoxy) is 3. The van der Waals surface area contributed by atoms with Crippen LogP contribution in [0.4, 0.5) is 0 Å². The van der Waals surface area contributed by atoms with E-state index in [1.807, 2.05) is 17.0 Å². The molecule has 0 N–H and O–H groups in total. The number of amides is 1. The fraction of sp³-hybridized carbons (Fsp3) is 0.455. The van der Waals surface area contributed by atoms with Crippen molar-refractivity contribution < 1.29 is 19.0 Å². The predicted molar refractivity (Wildman–Crippen MR) is 117 cm³/mol. The van der Waals surface area contributed by atoms with E-state index in [1.165, 1.54) is 12.7 Å². The first-order valence-electron chi connectivity index (χ1n) is 10.4. The van der Waals surface area contributed by atoms with E-state index in [0.29, 0.717) is 24.1 Å². The number of thiophene rings is 1. The number of aromatic nitrogens is 3. The Morgan fingerprint density at radius 1 is 1.10 bits per heavy atom. The minimum absolute atomic E-state index is 0.0479. The van der Waals surface area contributed by atoms with E-state index in [9.17, 15) is 4.79 Å². The molecule has 31 heavy (non-hydrogen) atoms. The molecular formula is C22H24N4O4S. The molecule has 0 spiro atoms. The molecule has 9 heteroatoms. The number of hydrogen-bond donors (Lipinski definition) is 0. The summed E-state index contributed by atoms with van der Waals surface area (Å²) >= 11 is 1.54. The molecule has 0 bridgehead atoms. The lowest BCUT2D eigenvalue weighted by molar-refractivity contribution is -0.137. The number of fused-ring (bicyclic) bond motifs is 1. The largest absolute Gasteiger partial charge is 0.491 e. The summed E-state index contributed by atoms with van der Waals surface area (Å²) in [4.78, 5) is 29.4. The van der Waals surface area contributed by atoms with Crippen molar-refractivity contribution in [1.82, 2.24) is 19.9 Å². The average molecular weight is 441 g/mol. The number of carbonyl (C=O) groups is 1. The van der Waals surface area contributed by atoms with Gasteiger partial charge in [-0.25, -0.2) is 15.0 Å². The third-order valence-electron chi connectivity index (χ3n) is 6.00. The van der Waals surface area contributed by atoms with Crippen LogP contribution in [0.3, 0.4) is 0 Å². The van der Waals surface area contributed by atoms with E-state index < -0.39 is 0 Å². The summed E-state index contributed by atoms with van der Waals surface area (Å²) in [5.41, 5.74) is 0.907. The molecule has 2 fully saturated rings. The Bertz CT molecular complexity index is 1110. The Hall–Kier alpha value is -2.94. The van der Waals surface area contributed by atoms with Gasteiger partial charge in [0.2, 0.25) is 11.8 Å². The fourth-order valence-electron chi connectivity index (χ4n) is 4.03. The maximum Gasteiger partial charge on any atom is 0.256 e. The van der Waals surface area contributed by atoms with E-state index in [4.69, 9.17) is 14.2 Å². The van der Waals surface area contributed by atoms with Crippen molar-refractivity contribution >= 4 is 27.5 Å². The summed E-state index contributed by atoms with van der Waals surface area (Å²) in [6, 6.07) is 3.91. The molecule has 3 aromatic heterocycles. The minimum atomic E-state index is -0.0479. The number of methoxy groups -OCH3 is 2. The fourth-order valence-corrected chi connectivity index (χ4v) is 5.00. The first-order chi connectivity index (χ1) is 15.2. The topological polar surface area (TPSA) is 86.7 Å². The van der Waals surface area contributed by atoms with Crippen LogP contribution in [0.25, 0.3) is 20.7 Å². The maximum absolute atomic E-state index is 12.5. The van der Waals surface area contributed by atoms with Gasteiger partial charge in [0, 0.05) is 35.5 Å². The quantitative estimate of drug-likeness (QED) is 0.579. The molecule has 1 aliphatic carbocycles. The van der Waals surface area contributed by atoms with Gasteiger partial charge in [-0.15, -0.1) is 11.3 Å². The average Bonchev–Trinajstić information content (AvgIpc) is 3.39. The van der Waals surface area contributed by atoms with Crippen molar-refractivity contribution in [2.75, 3.05) is 27.3 Å². The second kappa shape index (κ2) is 8.30. The third-order valence-corrected chi connectivity index (χ3v) is 7.09. The maximum atomic E-state index is 12.5. The van der Waals surface area contributed by atoms with Gasteiger partial charge in [-0.1, -0.05) is 6.42 Å². The zero-order valence-electron chi connectivity index (χ0n) is 17.5. The normalized spacial score (nSPS) is 18.8. The van der Waals surface area contributed by atoms with Crippen LogP contribution in [-0.4, -0.2) is 59.2 Å². The number of likely N-dealkylation sites (tertiary alicyclic amines) is 1. The van der Waals surface area contributed by atoms with Crippen LogP contribution in [-0.2, 0) is 4.79 Å². The Balaban J connectivity index is 1.36. The van der Waals surface area contributed by atoms with Gasteiger partial charge in [0.1, 0.15) is 17.3 Å². The van der Waals surface area contributed by atoms with Gasteiger partial charge in [-0.3, -0.25) is 4.79 Å². The summed E-state index contributed by atoms with van der Waals surface area (Å²) in [5.74, 6) is 2.08. The highest BCUT2D eigenvalue weighted by atomic mass is 32.1. The number of pyridine rings is 1. The Labute approximate surface area is 184 Å². The molecule has 1 saturated heterocycles. The predicted octanol–water partition coefficient (Wildman–Crippen LogP) is 3.55. The zero-order valence-corrected chi connectivity index (χ0v) is 18.4. The summed E-state index contributed by atoms with van der Waals surface area (Å²) in [5, 5.41) is 0.862. The standard InChI is InChI=1S/C22H24N4O4S/c1-28-17-8-14(10-23-20(17)29-2)18-9-16-19(24-12-25-21(16)31-18)30-15-6-7-26(11-15)22(27)13-4-3-5-13/h8-10,12-13,15H,3-7,11H2,1-2H3/t15-/m0/s1. The van der Waals surface area contributed by atoms with E-state index in [2.05, 4.69) is 15.0 Å². The highest BCUT2D eigenvalue weighted by molar-refractivity contribution is 7.21. The van der Waals surface area contributed by atoms with E-state index in [0.717, 1.165) is 46.5 Å². The molecule has 1 atom stereocenters. The summed E-state index contributed by atoms with van der Waals surface area (Å²) in [7, 11) is 3.15. The van der Waals surface area contributed by atoms with Crippen molar-refractivity contribution in [3.8, 4) is 28.0 Å². The van der Waals surface area contributed by atoms with Gasteiger partial charge in [-0.2, -0.15) is 0 Å². The number of nitrogens with zero attached hydrogens (tertiary/aromatic N) is 4. The first kappa shape index (κ1) is 20.0. The molecule has 0 unspecified atom stereocenters. The van der Waals surface area contributed by atoms with Gasteiger partial charge in [0.15, 0.2) is 5.75 Å². The van der Waals surface area contributed by atoms with Crippen molar-refractivity contribution in [2.24, 2.45) is 5.92 Å². The highest BCUT2D eigenvalue weighted by Crippen LogP contribution is 2.38. The highest BCUT2D eigenvalue weighted by Gasteiger charge is 2.34. The molecule has 1 saturated carbocycles. The molecule has 3 aromatic rings. The van der Waals surface area contributed by atoms with E-state index >= 15 is 0 Å². The Morgan fingerprint density at radius 2 is 1.97 bits per heavy atom. The molecule has 4 heterocycles. The zero-order chi connectivity index (χ0) is 21.4. The minimum Gasteiger partial charge on any atom is -0.491 e. The molecule has 1 aliphatic heterocycles. The molecule has 8 nitrogen and oxygen atoms in total. The van der Waals surface area contributed by atoms with Crippen LogP contribution in [0.15, 0.2) is 24.7 Å². The molecule has 5 rings (SSSR count). The summed E-state index contributed by atoms with van der Waals surface area (Å²) < 4.78 is 16.8. The van der Waals surface area contributed by atoms with Crippen LogP contribution < -0.4 is 14.2 Å². The van der Waals surface area contributed by atoms with Gasteiger partial charge in [0.25, 0.3) is 5.88 Å². The molecule has 0 aromatic carbocycles. The van der Waals surface area contributed by atoms with Crippen LogP contribution in [0.2, 0.25) is 0 Å². The molecule has 1 amide bonds. The SMILES string of the molecule is COc1cc(-c2cc3c(O[C@H]4CCN(C(=O)C5CCC5)C4)ncnc3s2)cnc1OC. The lowest BCUT2D eigenvalue weighted by Crippen LogP contribution is -2.38. The van der Waals surface area contributed by atoms with Crippen LogP contribution in [0.5, 0.6) is 17.5 Å². The van der Waals surface area contributed by atoms with Gasteiger partial charge >= 0.3 is 0 Å². The monoisotopic (exact) mass is 440 g/mol. The second-order valence-electron chi connectivity index (χ2n) is 7.88. The number of rotatable bonds is 6.